The molecule has 4 heterocycles. The molecule has 7 aromatic carbocycles. The molecule has 68 heavy (non-hydrogen) atoms. The monoisotopic (exact) mass is 998 g/mol. The Morgan fingerprint density at radius 2 is 1.13 bits per heavy atom. The van der Waals surface area contributed by atoms with Crippen LogP contribution >= 0.6 is 0 Å². The van der Waals surface area contributed by atoms with Gasteiger partial charge in [0.1, 0.15) is 42.4 Å². The maximum absolute atomic E-state index is 12.7. The fourth-order valence-electron chi connectivity index (χ4n) is 8.28. The van der Waals surface area contributed by atoms with E-state index in [1.807, 2.05) is 20.1 Å². The van der Waals surface area contributed by atoms with Crippen LogP contribution in [0.1, 0.15) is 11.1 Å². The van der Waals surface area contributed by atoms with E-state index >= 15 is 0 Å². The summed E-state index contributed by atoms with van der Waals surface area (Å²) in [5.41, 5.74) is 3.60. The van der Waals surface area contributed by atoms with Crippen LogP contribution < -0.4 is 4.74 Å². The van der Waals surface area contributed by atoms with Crippen molar-refractivity contribution < 1.29 is 61.4 Å². The molecule has 0 aliphatic heterocycles. The Balaban J connectivity index is 0.889. The largest absolute Gasteiger partial charge is 0.465 e. The van der Waals surface area contributed by atoms with Crippen LogP contribution in [0.25, 0.3) is 67.1 Å². The SMILES string of the molecule is COCOc1cc(-n2n3c4ccc5cc(S(=O)(=O)O)ccc5c4n23)ccc1N=Nc1ccc(C=Cc2ccc(-n3n4c5cc(S(=O)(=O)O)c6ccccc6c5n34)cc2S(=O)(=O)O)c(S(=O)(=O)O)c1. The highest BCUT2D eigenvalue weighted by Crippen LogP contribution is 2.39. The topological polar surface area (TPSA) is 288 Å². The van der Waals surface area contributed by atoms with Gasteiger partial charge in [-0.1, -0.05) is 60.7 Å². The van der Waals surface area contributed by atoms with Crippen molar-refractivity contribution in [3.8, 4) is 17.1 Å². The van der Waals surface area contributed by atoms with Crippen molar-refractivity contribution >= 4 is 108 Å². The van der Waals surface area contributed by atoms with E-state index in [0.29, 0.717) is 27.5 Å². The van der Waals surface area contributed by atoms with Crippen LogP contribution in [0.5, 0.6) is 5.75 Å². The second kappa shape index (κ2) is 14.8. The number of nitrogens with zero attached hydrogens (tertiary/aromatic N) is 8. The fourth-order valence-corrected chi connectivity index (χ4v) is 10.9. The van der Waals surface area contributed by atoms with Crippen molar-refractivity contribution in [3.05, 3.63) is 126 Å². The molecule has 0 unspecified atom stereocenters. The van der Waals surface area contributed by atoms with E-state index in [0.717, 1.165) is 22.5 Å². The third-order valence-corrected chi connectivity index (χ3v) is 14.9. The third-order valence-electron chi connectivity index (χ3n) is 11.3. The van der Waals surface area contributed by atoms with Gasteiger partial charge in [0.25, 0.3) is 40.5 Å². The number of hydrogen-bond donors (Lipinski definition) is 4. The van der Waals surface area contributed by atoms with Gasteiger partial charge in [-0.15, -0.1) is 23.6 Å². The van der Waals surface area contributed by atoms with Crippen LogP contribution in [-0.4, -0.2) is 93.9 Å². The van der Waals surface area contributed by atoms with E-state index in [9.17, 15) is 51.9 Å². The van der Waals surface area contributed by atoms with Crippen molar-refractivity contribution in [2.75, 3.05) is 13.9 Å². The number of benzene rings is 7. The van der Waals surface area contributed by atoms with Crippen LogP contribution in [0, 0.1) is 0 Å². The minimum absolute atomic E-state index is 0.00388. The van der Waals surface area contributed by atoms with Gasteiger partial charge in [-0.25, -0.2) is 0 Å². The highest BCUT2D eigenvalue weighted by atomic mass is 32.2. The Morgan fingerprint density at radius 1 is 0.529 bits per heavy atom. The second-order valence-electron chi connectivity index (χ2n) is 15.4. The lowest BCUT2D eigenvalue weighted by atomic mass is 10.1. The molecule has 0 amide bonds. The summed E-state index contributed by atoms with van der Waals surface area (Å²) in [6, 6.07) is 28.5. The Hall–Kier alpha value is -7.40. The highest BCUT2D eigenvalue weighted by molar-refractivity contribution is 7.86. The van der Waals surface area contributed by atoms with Crippen molar-refractivity contribution in [2.45, 2.75) is 19.6 Å². The number of methoxy groups -OCH3 is 1. The van der Waals surface area contributed by atoms with E-state index in [1.165, 1.54) is 77.2 Å². The van der Waals surface area contributed by atoms with Crippen molar-refractivity contribution in [1.29, 1.82) is 0 Å². The van der Waals surface area contributed by atoms with Crippen LogP contribution in [0.4, 0.5) is 11.4 Å². The van der Waals surface area contributed by atoms with Gasteiger partial charge in [0.05, 0.1) is 22.0 Å². The predicted molar refractivity (Wildman–Crippen MR) is 244 cm³/mol. The standard InChI is InChI=1S/C42H30N8O14S4/c1-63-23-64-37-20-28(45-47-35-17-10-26-18-30(65(51,52)53)14-15-31(26)41(35)49(45)47)13-16-34(37)44-43-27-11-8-24(38(19-27)66(54,55)56)6-7-25-9-12-29(21-39(25)67(57,58)59)46-48-36-22-40(68(60,61)62)32-4-2-3-5-33(32)42(36)50(46)48/h2-22H,23H2,1H3,(H,51,52,53)(H,54,55,56)(H,57,58,59)(H,60,61,62). The van der Waals surface area contributed by atoms with Gasteiger partial charge < -0.3 is 9.47 Å². The number of rotatable bonds is 13. The van der Waals surface area contributed by atoms with Gasteiger partial charge in [0, 0.05) is 29.3 Å². The molecule has 0 fully saturated rings. The first-order chi connectivity index (χ1) is 32.2. The zero-order chi connectivity index (χ0) is 47.8. The smallest absolute Gasteiger partial charge is 0.295 e. The van der Waals surface area contributed by atoms with E-state index < -0.39 is 50.3 Å². The molecule has 0 spiro atoms. The molecule has 0 aliphatic carbocycles. The van der Waals surface area contributed by atoms with Gasteiger partial charge >= 0.3 is 0 Å². The van der Waals surface area contributed by atoms with Gasteiger partial charge in [0.2, 0.25) is 0 Å². The van der Waals surface area contributed by atoms with Crippen LogP contribution in [-0.2, 0) is 45.2 Å². The Kier molecular flexibility index (Phi) is 9.40. The minimum Gasteiger partial charge on any atom is -0.465 e. The summed E-state index contributed by atoms with van der Waals surface area (Å²) in [7, 11) is -17.4. The van der Waals surface area contributed by atoms with E-state index in [-0.39, 0.29) is 55.9 Å². The van der Waals surface area contributed by atoms with E-state index in [1.54, 1.807) is 59.2 Å². The summed E-state index contributed by atoms with van der Waals surface area (Å²) < 4.78 is 156. The highest BCUT2D eigenvalue weighted by Gasteiger charge is 2.31. The van der Waals surface area contributed by atoms with E-state index in [2.05, 4.69) is 10.2 Å². The molecule has 0 saturated carbocycles. The first-order valence-corrected chi connectivity index (χ1v) is 25.4. The van der Waals surface area contributed by atoms with Crippen LogP contribution in [0.15, 0.2) is 145 Å². The van der Waals surface area contributed by atoms with Crippen LogP contribution in [0.2, 0.25) is 0 Å². The first-order valence-electron chi connectivity index (χ1n) is 19.7. The molecular weight excluding hydrogens is 969 g/mol. The summed E-state index contributed by atoms with van der Waals surface area (Å²) in [4.78, 5) is 1.64. The number of ether oxygens (including phenoxy) is 2. The zero-order valence-corrected chi connectivity index (χ0v) is 37.7. The lowest BCUT2D eigenvalue weighted by Crippen LogP contribution is -2.03. The number of hydrogen-bond acceptors (Lipinski definition) is 12. The minimum atomic E-state index is -4.91. The van der Waals surface area contributed by atoms with Crippen molar-refractivity contribution in [2.24, 2.45) is 10.2 Å². The number of fused-ring (bicyclic) bond motifs is 12. The molecular formula is C42H30N8O14S4. The average Bonchev–Trinajstić information content (AvgIpc) is 4.15. The number of azo groups is 1. The average molecular weight is 999 g/mol. The molecule has 0 aliphatic rings. The van der Waals surface area contributed by atoms with Gasteiger partial charge in [-0.05, 0) is 77.2 Å². The van der Waals surface area contributed by atoms with Gasteiger partial charge in [-0.2, -0.15) is 48.4 Å². The quantitative estimate of drug-likeness (QED) is 0.0391. The van der Waals surface area contributed by atoms with Gasteiger partial charge in [-0.3, -0.25) is 18.2 Å². The molecule has 4 N–H and O–H groups in total. The first kappa shape index (κ1) is 43.2. The van der Waals surface area contributed by atoms with Gasteiger partial charge in [0.15, 0.2) is 12.5 Å². The Morgan fingerprint density at radius 3 is 1.79 bits per heavy atom. The third kappa shape index (κ3) is 7.00. The Bertz CT molecular complexity index is 4440. The molecule has 4 aromatic heterocycles. The van der Waals surface area contributed by atoms with Crippen LogP contribution in [0.3, 0.4) is 0 Å². The number of aromatic nitrogens is 6. The lowest BCUT2D eigenvalue weighted by molar-refractivity contribution is 0.0515. The Labute approximate surface area is 382 Å². The summed E-state index contributed by atoms with van der Waals surface area (Å²) in [5, 5.41) is 10.6. The second-order valence-corrected chi connectivity index (χ2v) is 21.0. The molecule has 346 valence electrons. The summed E-state index contributed by atoms with van der Waals surface area (Å²) in [6.45, 7) is -0.169. The molecule has 22 nitrogen and oxygen atoms in total. The van der Waals surface area contributed by atoms with Crippen molar-refractivity contribution in [3.63, 3.8) is 0 Å². The maximum atomic E-state index is 12.7. The molecule has 0 saturated heterocycles. The molecule has 26 heteroatoms. The summed E-state index contributed by atoms with van der Waals surface area (Å²) >= 11 is 0. The van der Waals surface area contributed by atoms with Crippen molar-refractivity contribution in [1.82, 2.24) is 28.1 Å². The lowest BCUT2D eigenvalue weighted by Gasteiger charge is -2.08. The zero-order valence-electron chi connectivity index (χ0n) is 34.4. The normalized spacial score (nSPS) is 13.5. The fraction of sp³-hybridized carbons (Fsp3) is 0.0476. The summed E-state index contributed by atoms with van der Waals surface area (Å²) in [6.07, 6.45) is 2.45. The molecule has 0 radical (unpaired) electrons. The predicted octanol–water partition coefficient (Wildman–Crippen LogP) is 7.02. The molecule has 11 rings (SSSR count). The maximum Gasteiger partial charge on any atom is 0.295 e. The molecule has 0 atom stereocenters. The molecule has 0 bridgehead atoms. The van der Waals surface area contributed by atoms with E-state index in [4.69, 9.17) is 9.47 Å². The molecule has 11 aromatic rings. The summed E-state index contributed by atoms with van der Waals surface area (Å²) in [5.74, 6) is 0.230.